The van der Waals surface area contributed by atoms with E-state index in [0.29, 0.717) is 18.0 Å². The first-order valence-electron chi connectivity index (χ1n) is 9.81. The zero-order valence-corrected chi connectivity index (χ0v) is 16.6. The minimum atomic E-state index is -0.115. The summed E-state index contributed by atoms with van der Waals surface area (Å²) in [6.07, 6.45) is 0. The van der Waals surface area contributed by atoms with Crippen molar-refractivity contribution in [1.82, 2.24) is 9.55 Å². The summed E-state index contributed by atoms with van der Waals surface area (Å²) >= 11 is 0. The van der Waals surface area contributed by atoms with Crippen LogP contribution in [0.15, 0.2) is 78.9 Å². The van der Waals surface area contributed by atoms with Crippen LogP contribution < -0.4 is 10.5 Å². The number of fused-ring (bicyclic) bond motifs is 2. The van der Waals surface area contributed by atoms with Crippen LogP contribution >= 0.6 is 0 Å². The van der Waals surface area contributed by atoms with Crippen molar-refractivity contribution in [1.29, 1.82) is 0 Å². The Hall–Kier alpha value is -3.99. The molecule has 3 N–H and O–H groups in total. The Morgan fingerprint density at radius 1 is 1.00 bits per heavy atom. The number of carbonyl (C=O) groups excluding carboxylic acids is 1. The Kier molecular flexibility index (Phi) is 4.29. The number of hydrogen-bond donors (Lipinski definition) is 2. The summed E-state index contributed by atoms with van der Waals surface area (Å²) in [5.74, 6) is 0.638. The first-order valence-corrected chi connectivity index (χ1v) is 9.81. The molecule has 5 rings (SSSR count). The number of anilines is 1. The first-order chi connectivity index (χ1) is 14.6. The van der Waals surface area contributed by atoms with Crippen LogP contribution in [-0.4, -0.2) is 15.5 Å². The van der Waals surface area contributed by atoms with Gasteiger partial charge in [0.1, 0.15) is 18.1 Å². The highest BCUT2D eigenvalue weighted by atomic mass is 16.5. The molecule has 0 fully saturated rings. The molecule has 30 heavy (non-hydrogen) atoms. The van der Waals surface area contributed by atoms with Crippen LogP contribution in [0.3, 0.4) is 0 Å². The van der Waals surface area contributed by atoms with Crippen molar-refractivity contribution in [3.8, 4) is 5.75 Å². The fraction of sp³-hybridized carbons (Fsp3) is 0.0800. The van der Waals surface area contributed by atoms with Gasteiger partial charge in [0, 0.05) is 33.7 Å². The molecular formula is C25H21N3O2. The Bertz CT molecular complexity index is 1380. The van der Waals surface area contributed by atoms with Crippen LogP contribution in [-0.2, 0) is 6.61 Å². The second-order valence-electron chi connectivity index (χ2n) is 7.41. The van der Waals surface area contributed by atoms with Gasteiger partial charge in [0.15, 0.2) is 0 Å². The van der Waals surface area contributed by atoms with E-state index in [9.17, 15) is 4.79 Å². The maximum Gasteiger partial charge on any atom is 0.279 e. The molecule has 0 radical (unpaired) electrons. The summed E-state index contributed by atoms with van der Waals surface area (Å²) in [5, 5.41) is 1.84. The summed E-state index contributed by atoms with van der Waals surface area (Å²) in [4.78, 5) is 16.5. The number of nitrogens with two attached hydrogens (primary N) is 1. The van der Waals surface area contributed by atoms with Crippen molar-refractivity contribution in [2.75, 3.05) is 5.73 Å². The number of aromatic nitrogens is 2. The predicted molar refractivity (Wildman–Crippen MR) is 120 cm³/mol. The van der Waals surface area contributed by atoms with E-state index in [4.69, 9.17) is 10.5 Å². The fourth-order valence-electron chi connectivity index (χ4n) is 3.83. The van der Waals surface area contributed by atoms with E-state index in [1.54, 1.807) is 4.57 Å². The number of benzene rings is 3. The fourth-order valence-corrected chi connectivity index (χ4v) is 3.83. The number of ether oxygens (including phenoxy) is 1. The van der Waals surface area contributed by atoms with Crippen molar-refractivity contribution in [2.45, 2.75) is 13.5 Å². The highest BCUT2D eigenvalue weighted by molar-refractivity contribution is 6.06. The minimum Gasteiger partial charge on any atom is -0.489 e. The first kappa shape index (κ1) is 18.1. The number of hydrogen-bond acceptors (Lipinski definition) is 3. The molecule has 5 nitrogen and oxygen atoms in total. The molecule has 0 aliphatic rings. The van der Waals surface area contributed by atoms with Crippen LogP contribution in [0.5, 0.6) is 5.75 Å². The summed E-state index contributed by atoms with van der Waals surface area (Å²) in [6.45, 7) is 2.41. The van der Waals surface area contributed by atoms with E-state index in [0.717, 1.165) is 38.8 Å². The van der Waals surface area contributed by atoms with E-state index in [1.165, 1.54) is 0 Å². The topological polar surface area (TPSA) is 73.0 Å². The SMILES string of the molecule is Cc1cc2c(N)cccc2n1C(=O)c1cc2ccc(OCc3ccccc3)cc2[nH]1. The van der Waals surface area contributed by atoms with Crippen LogP contribution in [0, 0.1) is 6.92 Å². The predicted octanol–water partition coefficient (Wildman–Crippen LogP) is 5.28. The largest absolute Gasteiger partial charge is 0.489 e. The highest BCUT2D eigenvalue weighted by Gasteiger charge is 2.18. The summed E-state index contributed by atoms with van der Waals surface area (Å²) in [5.41, 5.74) is 10.9. The molecule has 0 atom stereocenters. The molecule has 0 saturated carbocycles. The minimum absolute atomic E-state index is 0.115. The van der Waals surface area contributed by atoms with Crippen LogP contribution in [0.4, 0.5) is 5.69 Å². The second-order valence-corrected chi connectivity index (χ2v) is 7.41. The third-order valence-electron chi connectivity index (χ3n) is 5.34. The van der Waals surface area contributed by atoms with E-state index in [-0.39, 0.29) is 5.91 Å². The Morgan fingerprint density at radius 3 is 2.67 bits per heavy atom. The third-order valence-corrected chi connectivity index (χ3v) is 5.34. The standard InChI is InChI=1S/C25H21N3O2/c1-16-12-20-21(26)8-5-9-24(20)28(16)25(29)23-13-18-10-11-19(14-22(18)27-23)30-15-17-6-3-2-4-7-17/h2-14,27H,15,26H2,1H3. The number of aromatic amines is 1. The lowest BCUT2D eigenvalue weighted by atomic mass is 10.2. The summed E-state index contributed by atoms with van der Waals surface area (Å²) < 4.78 is 7.61. The number of H-pyrrole nitrogens is 1. The molecule has 0 amide bonds. The van der Waals surface area contributed by atoms with Crippen LogP contribution in [0.25, 0.3) is 21.8 Å². The summed E-state index contributed by atoms with van der Waals surface area (Å²) in [7, 11) is 0. The van der Waals surface area contributed by atoms with Gasteiger partial charge in [-0.1, -0.05) is 36.4 Å². The number of nitrogens with zero attached hydrogens (tertiary/aromatic N) is 1. The molecule has 0 aliphatic carbocycles. The zero-order valence-electron chi connectivity index (χ0n) is 16.6. The molecule has 0 bridgehead atoms. The number of carbonyl (C=O) groups is 1. The molecular weight excluding hydrogens is 374 g/mol. The van der Waals surface area contributed by atoms with Gasteiger partial charge in [0.05, 0.1) is 5.52 Å². The molecule has 2 heterocycles. The van der Waals surface area contributed by atoms with Gasteiger partial charge in [-0.05, 0) is 48.9 Å². The second kappa shape index (κ2) is 7.12. The average molecular weight is 395 g/mol. The maximum atomic E-state index is 13.3. The van der Waals surface area contributed by atoms with Gasteiger partial charge in [0.25, 0.3) is 5.91 Å². The van der Waals surface area contributed by atoms with Gasteiger partial charge in [0.2, 0.25) is 0 Å². The van der Waals surface area contributed by atoms with E-state index in [2.05, 4.69) is 4.98 Å². The van der Waals surface area contributed by atoms with Crippen molar-refractivity contribution in [3.05, 3.63) is 95.8 Å². The highest BCUT2D eigenvalue weighted by Crippen LogP contribution is 2.27. The van der Waals surface area contributed by atoms with Gasteiger partial charge in [-0.3, -0.25) is 9.36 Å². The lowest BCUT2D eigenvalue weighted by Gasteiger charge is -2.06. The summed E-state index contributed by atoms with van der Waals surface area (Å²) in [6, 6.07) is 25.3. The Labute approximate surface area is 173 Å². The number of nitrogens with one attached hydrogen (secondary N) is 1. The molecule has 5 aromatic rings. The van der Waals surface area contributed by atoms with Gasteiger partial charge >= 0.3 is 0 Å². The van der Waals surface area contributed by atoms with E-state index < -0.39 is 0 Å². The van der Waals surface area contributed by atoms with Crippen molar-refractivity contribution < 1.29 is 9.53 Å². The molecule has 0 spiro atoms. The van der Waals surface area contributed by atoms with Gasteiger partial charge in [-0.15, -0.1) is 0 Å². The van der Waals surface area contributed by atoms with Crippen LogP contribution in [0.2, 0.25) is 0 Å². The quantitative estimate of drug-likeness (QED) is 0.407. The lowest BCUT2D eigenvalue weighted by molar-refractivity contribution is 0.0959. The number of aryl methyl sites for hydroxylation is 1. The van der Waals surface area contributed by atoms with Gasteiger partial charge in [-0.2, -0.15) is 0 Å². The van der Waals surface area contributed by atoms with Gasteiger partial charge < -0.3 is 15.5 Å². The third kappa shape index (κ3) is 3.10. The van der Waals surface area contributed by atoms with Gasteiger partial charge in [-0.25, -0.2) is 0 Å². The number of rotatable bonds is 4. The lowest BCUT2D eigenvalue weighted by Crippen LogP contribution is -2.13. The molecule has 148 valence electrons. The zero-order chi connectivity index (χ0) is 20.7. The van der Waals surface area contributed by atoms with Crippen molar-refractivity contribution in [2.24, 2.45) is 0 Å². The molecule has 0 unspecified atom stereocenters. The molecule has 2 aromatic heterocycles. The smallest absolute Gasteiger partial charge is 0.279 e. The van der Waals surface area contributed by atoms with Crippen molar-refractivity contribution in [3.63, 3.8) is 0 Å². The Morgan fingerprint density at radius 2 is 1.83 bits per heavy atom. The molecule has 3 aromatic carbocycles. The maximum absolute atomic E-state index is 13.3. The molecule has 0 saturated heterocycles. The van der Waals surface area contributed by atoms with Crippen molar-refractivity contribution >= 4 is 33.4 Å². The van der Waals surface area contributed by atoms with Crippen LogP contribution in [0.1, 0.15) is 21.7 Å². The monoisotopic (exact) mass is 395 g/mol. The van der Waals surface area contributed by atoms with E-state index >= 15 is 0 Å². The van der Waals surface area contributed by atoms with E-state index in [1.807, 2.05) is 85.8 Å². The molecule has 0 aliphatic heterocycles. The average Bonchev–Trinajstić information content (AvgIpc) is 3.33. The number of nitrogen functional groups attached to an aromatic ring is 1. The molecule has 5 heteroatoms. The Balaban J connectivity index is 1.46. The normalized spacial score (nSPS) is 11.2.